The van der Waals surface area contributed by atoms with Crippen LogP contribution < -0.4 is 5.32 Å². The summed E-state index contributed by atoms with van der Waals surface area (Å²) in [6, 6.07) is -0.747. The predicted octanol–water partition coefficient (Wildman–Crippen LogP) is -0.0825. The lowest BCUT2D eigenvalue weighted by molar-refractivity contribution is -0.142. The third-order valence-corrected chi connectivity index (χ3v) is 2.78. The summed E-state index contributed by atoms with van der Waals surface area (Å²) in [5.74, 6) is -1.14. The third-order valence-electron chi connectivity index (χ3n) is 2.78. The number of nitrogens with one attached hydrogen (secondary N) is 1. The van der Waals surface area contributed by atoms with Crippen LogP contribution in [0.3, 0.4) is 0 Å². The molecule has 1 heterocycles. The fraction of sp³-hybridized carbons (Fsp3) is 0.800. The Kier molecular flexibility index (Phi) is 4.08. The van der Waals surface area contributed by atoms with Crippen LogP contribution in [0.2, 0.25) is 0 Å². The van der Waals surface area contributed by atoms with E-state index in [2.05, 4.69) is 10.2 Å². The normalized spacial score (nSPS) is 23.7. The van der Waals surface area contributed by atoms with Crippen LogP contribution in [0.1, 0.15) is 19.8 Å². The first kappa shape index (κ1) is 12.0. The summed E-state index contributed by atoms with van der Waals surface area (Å²) in [4.78, 5) is 24.5. The van der Waals surface area contributed by atoms with Gasteiger partial charge in [-0.15, -0.1) is 0 Å². The van der Waals surface area contributed by atoms with Gasteiger partial charge in [-0.2, -0.15) is 0 Å². The number of carbonyl (C=O) groups excluding carboxylic acids is 1. The van der Waals surface area contributed by atoms with E-state index in [-0.39, 0.29) is 11.8 Å². The van der Waals surface area contributed by atoms with E-state index in [0.29, 0.717) is 6.42 Å². The summed E-state index contributed by atoms with van der Waals surface area (Å²) >= 11 is 0. The van der Waals surface area contributed by atoms with Crippen LogP contribution in [-0.2, 0) is 9.59 Å². The minimum atomic E-state index is -0.961. The maximum Gasteiger partial charge on any atom is 0.326 e. The molecule has 0 spiro atoms. The molecule has 0 aromatic carbocycles. The van der Waals surface area contributed by atoms with Crippen molar-refractivity contribution in [2.45, 2.75) is 25.8 Å². The van der Waals surface area contributed by atoms with Gasteiger partial charge in [0.15, 0.2) is 0 Å². The van der Waals surface area contributed by atoms with Crippen LogP contribution in [0.25, 0.3) is 0 Å². The Morgan fingerprint density at radius 2 is 2.27 bits per heavy atom. The maximum absolute atomic E-state index is 11.7. The van der Waals surface area contributed by atoms with Gasteiger partial charge < -0.3 is 15.3 Å². The number of likely N-dealkylation sites (tertiary alicyclic amines) is 1. The Hall–Kier alpha value is -1.10. The van der Waals surface area contributed by atoms with Gasteiger partial charge in [-0.3, -0.25) is 4.79 Å². The molecule has 86 valence electrons. The zero-order valence-corrected chi connectivity index (χ0v) is 9.19. The average molecular weight is 214 g/mol. The third kappa shape index (κ3) is 3.20. The molecule has 5 heteroatoms. The van der Waals surface area contributed by atoms with Crippen molar-refractivity contribution in [2.24, 2.45) is 5.92 Å². The maximum atomic E-state index is 11.7. The Bertz CT molecular complexity index is 255. The van der Waals surface area contributed by atoms with E-state index in [1.807, 2.05) is 7.05 Å². The molecule has 0 bridgehead atoms. The first-order chi connectivity index (χ1) is 7.04. The second-order valence-electron chi connectivity index (χ2n) is 4.06. The van der Waals surface area contributed by atoms with Crippen molar-refractivity contribution in [3.8, 4) is 0 Å². The summed E-state index contributed by atoms with van der Waals surface area (Å²) in [5, 5.41) is 11.4. The lowest BCUT2D eigenvalue weighted by Gasteiger charge is -2.15. The molecule has 15 heavy (non-hydrogen) atoms. The molecule has 2 unspecified atom stereocenters. The zero-order valence-electron chi connectivity index (χ0n) is 9.19. The van der Waals surface area contributed by atoms with Crippen molar-refractivity contribution >= 4 is 11.9 Å². The molecule has 1 aliphatic heterocycles. The van der Waals surface area contributed by atoms with Crippen LogP contribution in [0.4, 0.5) is 0 Å². The van der Waals surface area contributed by atoms with Gasteiger partial charge in [0.1, 0.15) is 6.04 Å². The summed E-state index contributed by atoms with van der Waals surface area (Å²) < 4.78 is 0. The van der Waals surface area contributed by atoms with Gasteiger partial charge in [-0.1, -0.05) is 6.92 Å². The van der Waals surface area contributed by atoms with Gasteiger partial charge in [0.2, 0.25) is 5.91 Å². The van der Waals surface area contributed by atoms with E-state index < -0.39 is 12.0 Å². The van der Waals surface area contributed by atoms with E-state index in [1.54, 1.807) is 6.92 Å². The molecule has 5 nitrogen and oxygen atoms in total. The summed E-state index contributed by atoms with van der Waals surface area (Å²) in [7, 11) is 1.96. The van der Waals surface area contributed by atoms with E-state index in [4.69, 9.17) is 5.11 Å². The molecular formula is C10H18N2O3. The van der Waals surface area contributed by atoms with Crippen molar-refractivity contribution < 1.29 is 14.7 Å². The zero-order chi connectivity index (χ0) is 11.4. The molecule has 1 amide bonds. The molecule has 1 rings (SSSR count). The van der Waals surface area contributed by atoms with Gasteiger partial charge >= 0.3 is 5.97 Å². The molecule has 0 aromatic heterocycles. The predicted molar refractivity (Wildman–Crippen MR) is 55.5 cm³/mol. The molecule has 1 fully saturated rings. The van der Waals surface area contributed by atoms with Crippen molar-refractivity contribution in [3.05, 3.63) is 0 Å². The van der Waals surface area contributed by atoms with Gasteiger partial charge in [0.25, 0.3) is 0 Å². The van der Waals surface area contributed by atoms with E-state index >= 15 is 0 Å². The Labute approximate surface area is 89.4 Å². The Morgan fingerprint density at radius 1 is 1.60 bits per heavy atom. The van der Waals surface area contributed by atoms with E-state index in [1.165, 1.54) is 0 Å². The molecule has 2 atom stereocenters. The molecule has 0 radical (unpaired) electrons. The molecular weight excluding hydrogens is 196 g/mol. The van der Waals surface area contributed by atoms with Gasteiger partial charge in [0.05, 0.1) is 5.92 Å². The highest BCUT2D eigenvalue weighted by Crippen LogP contribution is 2.14. The largest absolute Gasteiger partial charge is 0.480 e. The quantitative estimate of drug-likeness (QED) is 0.686. The molecule has 1 saturated heterocycles. The number of rotatable bonds is 4. The molecule has 1 aliphatic rings. The van der Waals surface area contributed by atoms with Crippen molar-refractivity contribution in [1.29, 1.82) is 0 Å². The fourth-order valence-corrected chi connectivity index (χ4v) is 1.78. The fourth-order valence-electron chi connectivity index (χ4n) is 1.78. The van der Waals surface area contributed by atoms with Crippen molar-refractivity contribution in [1.82, 2.24) is 10.2 Å². The van der Waals surface area contributed by atoms with Gasteiger partial charge in [0, 0.05) is 6.54 Å². The minimum Gasteiger partial charge on any atom is -0.480 e. The number of nitrogens with zero attached hydrogens (tertiary/aromatic N) is 1. The minimum absolute atomic E-state index is 0.0524. The number of amides is 1. The lowest BCUT2D eigenvalue weighted by atomic mass is 10.1. The number of carboxylic acid groups (broad SMARTS) is 1. The van der Waals surface area contributed by atoms with E-state index in [9.17, 15) is 9.59 Å². The second kappa shape index (κ2) is 5.11. The number of carboxylic acids is 1. The first-order valence-electron chi connectivity index (χ1n) is 5.26. The van der Waals surface area contributed by atoms with Crippen molar-refractivity contribution in [3.63, 3.8) is 0 Å². The van der Waals surface area contributed by atoms with Crippen LogP contribution in [-0.4, -0.2) is 48.1 Å². The number of carbonyl (C=O) groups is 2. The molecule has 0 saturated carbocycles. The topological polar surface area (TPSA) is 69.6 Å². The molecule has 2 N–H and O–H groups in total. The highest BCUT2D eigenvalue weighted by Gasteiger charge is 2.28. The number of hydrogen-bond acceptors (Lipinski definition) is 3. The molecule has 0 aliphatic carbocycles. The number of hydrogen-bond donors (Lipinski definition) is 2. The summed E-state index contributed by atoms with van der Waals surface area (Å²) in [6.45, 7) is 3.38. The SMILES string of the molecule is CCC(NC(=O)C1CCN(C)C1)C(=O)O. The van der Waals surface area contributed by atoms with Crippen LogP contribution in [0, 0.1) is 5.92 Å². The summed E-state index contributed by atoms with van der Waals surface area (Å²) in [5.41, 5.74) is 0. The Balaban J connectivity index is 2.44. The van der Waals surface area contributed by atoms with Crippen molar-refractivity contribution in [2.75, 3.05) is 20.1 Å². The molecule has 0 aromatic rings. The number of aliphatic carboxylic acids is 1. The highest BCUT2D eigenvalue weighted by molar-refractivity contribution is 5.85. The average Bonchev–Trinajstić information content (AvgIpc) is 2.60. The summed E-state index contributed by atoms with van der Waals surface area (Å²) in [6.07, 6.45) is 1.24. The Morgan fingerprint density at radius 3 is 2.67 bits per heavy atom. The van der Waals surface area contributed by atoms with Crippen LogP contribution in [0.15, 0.2) is 0 Å². The smallest absolute Gasteiger partial charge is 0.326 e. The van der Waals surface area contributed by atoms with Crippen LogP contribution >= 0.6 is 0 Å². The van der Waals surface area contributed by atoms with Crippen LogP contribution in [0.5, 0.6) is 0 Å². The second-order valence-corrected chi connectivity index (χ2v) is 4.06. The highest BCUT2D eigenvalue weighted by atomic mass is 16.4. The van der Waals surface area contributed by atoms with E-state index in [0.717, 1.165) is 19.5 Å². The van der Waals surface area contributed by atoms with Gasteiger partial charge in [-0.05, 0) is 26.4 Å². The lowest BCUT2D eigenvalue weighted by Crippen LogP contribution is -2.43. The monoisotopic (exact) mass is 214 g/mol. The van der Waals surface area contributed by atoms with Gasteiger partial charge in [-0.25, -0.2) is 4.79 Å². The standard InChI is InChI=1S/C10H18N2O3/c1-3-8(10(14)15)11-9(13)7-4-5-12(2)6-7/h7-8H,3-6H2,1-2H3,(H,11,13)(H,14,15). The first-order valence-corrected chi connectivity index (χ1v) is 5.26.